The Morgan fingerprint density at radius 3 is 2.29 bits per heavy atom. The topological polar surface area (TPSA) is 223 Å². The molecule has 2 aromatic carbocycles. The van der Waals surface area contributed by atoms with Gasteiger partial charge in [-0.1, -0.05) is 70.8 Å². The number of rotatable bonds is 8. The number of phenolic OH excluding ortho intramolecular Hbond substituents is 3. The maximum atomic E-state index is 14.3. The third-order valence-electron chi connectivity index (χ3n) is 11.1. The number of amides is 1. The zero-order chi connectivity index (χ0) is 43.2. The molecule has 5 bridgehead atoms. The first kappa shape index (κ1) is 45.6. The van der Waals surface area contributed by atoms with Gasteiger partial charge in [-0.05, 0) is 26.3 Å². The number of ketones is 1. The first-order valence-corrected chi connectivity index (χ1v) is 19.6. The maximum Gasteiger partial charge on any atom is 0.312 e. The predicted octanol–water partition coefficient (Wildman–Crippen LogP) is 6.29. The summed E-state index contributed by atoms with van der Waals surface area (Å²) < 4.78 is 23.5. The first-order valence-electron chi connectivity index (χ1n) is 19.6. The summed E-state index contributed by atoms with van der Waals surface area (Å²) in [6.07, 6.45) is 7.10. The second-order valence-electron chi connectivity index (χ2n) is 15.4. The molecule has 318 valence electrons. The molecule has 0 spiro atoms. The molecule has 0 radical (unpaired) electrons. The highest BCUT2D eigenvalue weighted by molar-refractivity contribution is 6.23. The van der Waals surface area contributed by atoms with Crippen LogP contribution in [0, 0.1) is 30.6 Å². The number of nitrogens with one attached hydrogen (secondary N) is 1. The molecule has 0 aromatic heterocycles. The lowest BCUT2D eigenvalue weighted by atomic mass is 9.78. The van der Waals surface area contributed by atoms with Crippen molar-refractivity contribution >= 4 is 40.3 Å². The van der Waals surface area contributed by atoms with Gasteiger partial charge < -0.3 is 54.6 Å². The van der Waals surface area contributed by atoms with Crippen molar-refractivity contribution in [3.63, 3.8) is 0 Å². The number of allylic oxidation sites excluding steroid dienone is 2. The number of fused-ring (bicyclic) bond motifs is 14. The number of hydrogen-bond donors (Lipinski definition) is 6. The number of carbonyl (C=O) groups is 3. The van der Waals surface area contributed by atoms with E-state index in [9.17, 15) is 39.9 Å². The summed E-state index contributed by atoms with van der Waals surface area (Å²) in [5.74, 6) is -8.57. The average molecular weight is 811 g/mol. The number of aromatic hydroxyl groups is 3. The van der Waals surface area contributed by atoms with Gasteiger partial charge in [0, 0.05) is 61.2 Å². The Kier molecular flexibility index (Phi) is 15.0. The number of aliphatic hydroxyl groups is 2. The standard InChI is InChI=1S/C43H58N2O13/c1-11-12-13-18-56-44-20-28-33-38(51)31-30(37(28)50)32-40(26(7)36(31)49)58-43(9,41(32)52)55-19-17-29(54-10)23(4)39(57-27(8)46)25(6)35(48)24(5)34(47)21(2)15-14-16-22(3)42(53)45-33/h14-17,19-21,23-25,29,34-35,39,47-51H,11-13,18H2,1-10H3,(H,45,53)/b15-14-,19-17-,22-16-,44-20-/t21-,23+,24+,25+,29-,34-,35+,39+,43-/m0/s1. The number of Topliss-reactive ketones (excluding diaryl/α,β-unsaturated/α-hetero) is 1. The minimum atomic E-state index is -2.05. The van der Waals surface area contributed by atoms with Crippen LogP contribution in [0.2, 0.25) is 0 Å². The number of carbonyl (C=O) groups excluding carboxylic acids is 3. The zero-order valence-electron chi connectivity index (χ0n) is 34.9. The molecule has 58 heavy (non-hydrogen) atoms. The van der Waals surface area contributed by atoms with E-state index < -0.39 is 88.8 Å². The second kappa shape index (κ2) is 19.1. The summed E-state index contributed by atoms with van der Waals surface area (Å²) in [5, 5.41) is 64.0. The summed E-state index contributed by atoms with van der Waals surface area (Å²) >= 11 is 0. The van der Waals surface area contributed by atoms with Gasteiger partial charge in [0.15, 0.2) is 5.75 Å². The third kappa shape index (κ3) is 9.27. The Morgan fingerprint density at radius 2 is 1.66 bits per heavy atom. The third-order valence-corrected chi connectivity index (χ3v) is 11.1. The number of nitrogens with zero attached hydrogens (tertiary/aromatic N) is 1. The lowest BCUT2D eigenvalue weighted by Crippen LogP contribution is -2.46. The van der Waals surface area contributed by atoms with Crippen molar-refractivity contribution in [1.29, 1.82) is 0 Å². The van der Waals surface area contributed by atoms with Crippen molar-refractivity contribution in [2.24, 2.45) is 28.8 Å². The molecule has 15 nitrogen and oxygen atoms in total. The fourth-order valence-corrected chi connectivity index (χ4v) is 7.43. The minimum Gasteiger partial charge on any atom is -0.507 e. The SMILES string of the molecule is CCCCCO/N=C\c1c2c(O)c3c(O)c(C)c4c(c3c1O)C(=O)[C@@](C)(O/C=C\[C@H](OC)[C@@H](C)[C@@H](OC(C)=O)[C@H](C)[C@H](O)[C@H](C)[C@@H](O)[C@@H](C)/C=C\C=C(\C)C(=O)N2)O4. The van der Waals surface area contributed by atoms with Crippen molar-refractivity contribution in [2.75, 3.05) is 19.0 Å². The normalized spacial score (nSPS) is 30.4. The predicted molar refractivity (Wildman–Crippen MR) is 217 cm³/mol. The highest BCUT2D eigenvalue weighted by Crippen LogP contribution is 2.55. The fourth-order valence-electron chi connectivity index (χ4n) is 7.43. The largest absolute Gasteiger partial charge is 0.507 e. The Morgan fingerprint density at radius 1 is 0.966 bits per heavy atom. The van der Waals surface area contributed by atoms with E-state index >= 15 is 0 Å². The second-order valence-corrected chi connectivity index (χ2v) is 15.4. The Hall–Kier alpha value is -5.12. The van der Waals surface area contributed by atoms with Crippen molar-refractivity contribution in [2.45, 2.75) is 112 Å². The van der Waals surface area contributed by atoms with Crippen LogP contribution in [0.1, 0.15) is 96.1 Å². The Balaban J connectivity index is 1.95. The molecule has 0 aliphatic carbocycles. The van der Waals surface area contributed by atoms with Crippen molar-refractivity contribution < 1.29 is 63.7 Å². The van der Waals surface area contributed by atoms with E-state index in [1.165, 1.54) is 53.2 Å². The van der Waals surface area contributed by atoms with E-state index in [1.807, 2.05) is 6.92 Å². The van der Waals surface area contributed by atoms with Crippen molar-refractivity contribution in [3.05, 3.63) is 52.8 Å². The van der Waals surface area contributed by atoms with Crippen LogP contribution in [0.15, 0.2) is 41.3 Å². The van der Waals surface area contributed by atoms with Gasteiger partial charge in [0.05, 0.1) is 53.0 Å². The lowest BCUT2D eigenvalue weighted by Gasteiger charge is -2.38. The minimum absolute atomic E-state index is 0.0391. The number of methoxy groups -OCH3 is 1. The van der Waals surface area contributed by atoms with E-state index in [2.05, 4.69) is 10.5 Å². The van der Waals surface area contributed by atoms with Gasteiger partial charge in [-0.3, -0.25) is 14.4 Å². The number of hydrogen-bond acceptors (Lipinski definition) is 14. The number of oxime groups is 1. The molecule has 3 heterocycles. The highest BCUT2D eigenvalue weighted by atomic mass is 16.7. The molecule has 3 aliphatic rings. The zero-order valence-corrected chi connectivity index (χ0v) is 34.9. The van der Waals surface area contributed by atoms with E-state index in [0.29, 0.717) is 6.42 Å². The molecule has 3 aliphatic heterocycles. The van der Waals surface area contributed by atoms with Crippen LogP contribution in [-0.4, -0.2) is 93.3 Å². The average Bonchev–Trinajstić information content (AvgIpc) is 3.45. The molecular formula is C43H58N2O13. The summed E-state index contributed by atoms with van der Waals surface area (Å²) in [6, 6.07) is 0. The van der Waals surface area contributed by atoms with Gasteiger partial charge in [0.25, 0.3) is 11.7 Å². The van der Waals surface area contributed by atoms with Crippen LogP contribution in [0.25, 0.3) is 10.8 Å². The summed E-state index contributed by atoms with van der Waals surface area (Å²) in [5.41, 5.74) is -0.565. The molecule has 9 atom stereocenters. The van der Waals surface area contributed by atoms with Crippen LogP contribution in [0.5, 0.6) is 23.0 Å². The first-order chi connectivity index (χ1) is 27.3. The fraction of sp³-hybridized carbons (Fsp3) is 0.535. The van der Waals surface area contributed by atoms with E-state index in [-0.39, 0.29) is 51.1 Å². The number of phenols is 3. The molecule has 1 amide bonds. The molecule has 0 unspecified atom stereocenters. The van der Waals surface area contributed by atoms with Crippen LogP contribution in [0.3, 0.4) is 0 Å². The van der Waals surface area contributed by atoms with Gasteiger partial charge in [-0.25, -0.2) is 0 Å². The molecule has 0 saturated heterocycles. The van der Waals surface area contributed by atoms with E-state index in [4.69, 9.17) is 23.8 Å². The van der Waals surface area contributed by atoms with E-state index in [0.717, 1.165) is 19.1 Å². The van der Waals surface area contributed by atoms with Crippen LogP contribution >= 0.6 is 0 Å². The molecular weight excluding hydrogens is 752 g/mol. The highest BCUT2D eigenvalue weighted by Gasteiger charge is 2.50. The molecule has 0 saturated carbocycles. The number of anilines is 1. The van der Waals surface area contributed by atoms with Gasteiger partial charge >= 0.3 is 11.8 Å². The molecule has 0 fully saturated rings. The Labute approximate surface area is 338 Å². The number of benzene rings is 2. The van der Waals surface area contributed by atoms with Gasteiger partial charge in [0.1, 0.15) is 30.0 Å². The number of aliphatic hydroxyl groups excluding tert-OH is 2. The van der Waals surface area contributed by atoms with Crippen molar-refractivity contribution in [3.8, 4) is 23.0 Å². The monoisotopic (exact) mass is 810 g/mol. The number of esters is 1. The smallest absolute Gasteiger partial charge is 0.312 e. The molecule has 5 rings (SSSR count). The van der Waals surface area contributed by atoms with Crippen molar-refractivity contribution in [1.82, 2.24) is 0 Å². The molecule has 6 N–H and O–H groups in total. The number of unbranched alkanes of at least 4 members (excludes halogenated alkanes) is 2. The summed E-state index contributed by atoms with van der Waals surface area (Å²) in [4.78, 5) is 45.7. The van der Waals surface area contributed by atoms with Gasteiger partial charge in [-0.2, -0.15) is 0 Å². The molecule has 15 heteroatoms. The van der Waals surface area contributed by atoms with Crippen LogP contribution in [-0.2, 0) is 28.6 Å². The van der Waals surface area contributed by atoms with Gasteiger partial charge in [-0.15, -0.1) is 0 Å². The quantitative estimate of drug-likeness (QED) is 0.0431. The number of ether oxygens (including phenoxy) is 4. The lowest BCUT2D eigenvalue weighted by molar-refractivity contribution is -0.160. The summed E-state index contributed by atoms with van der Waals surface area (Å²) in [7, 11) is 1.43. The van der Waals surface area contributed by atoms with E-state index in [1.54, 1.807) is 39.8 Å². The maximum absolute atomic E-state index is 14.3. The molecule has 2 aromatic rings. The summed E-state index contributed by atoms with van der Waals surface area (Å²) in [6.45, 7) is 14.7. The Bertz CT molecular complexity index is 1990. The van der Waals surface area contributed by atoms with Crippen LogP contribution in [0.4, 0.5) is 5.69 Å². The van der Waals surface area contributed by atoms with Gasteiger partial charge in [0.2, 0.25) is 0 Å². The van der Waals surface area contributed by atoms with Crippen LogP contribution < -0.4 is 10.1 Å².